The van der Waals surface area contributed by atoms with E-state index in [9.17, 15) is 0 Å². The molecule has 0 saturated heterocycles. The third-order valence-electron chi connectivity index (χ3n) is 6.90. The summed E-state index contributed by atoms with van der Waals surface area (Å²) in [5.74, 6) is 6.08. The van der Waals surface area contributed by atoms with E-state index in [2.05, 4.69) is 74.8 Å². The average Bonchev–Trinajstić information content (AvgIpc) is 3.06. The van der Waals surface area contributed by atoms with Crippen LogP contribution in [0.25, 0.3) is 0 Å². The number of rotatable bonds is 11. The molecular formula is C41H55N3O3. The summed E-state index contributed by atoms with van der Waals surface area (Å²) in [4.78, 5) is 3.75. The van der Waals surface area contributed by atoms with Crippen LogP contribution in [0.1, 0.15) is 64.8 Å². The summed E-state index contributed by atoms with van der Waals surface area (Å²) in [6.07, 6.45) is 7.57. The van der Waals surface area contributed by atoms with Crippen LogP contribution >= 0.6 is 0 Å². The molecule has 4 aromatic rings. The van der Waals surface area contributed by atoms with Gasteiger partial charge >= 0.3 is 0 Å². The van der Waals surface area contributed by atoms with Gasteiger partial charge in [-0.25, -0.2) is 5.90 Å². The molecule has 0 atom stereocenters. The normalized spacial score (nSPS) is 10.7. The SMILES string of the molecule is C.C.CC(C)(/C=C/C#N)c1cccc(OCc2ccccc2)c1.CC(C)(/C=C/CN)c1cccc(OCc2ccccc2)c1.CON. The number of nitrogens with two attached hydrogens (primary N) is 2. The molecule has 0 spiro atoms. The Hall–Kier alpha value is -4.67. The maximum absolute atomic E-state index is 8.68. The molecule has 6 heteroatoms. The van der Waals surface area contributed by atoms with Gasteiger partial charge in [-0.05, 0) is 46.5 Å². The lowest BCUT2D eigenvalue weighted by Crippen LogP contribution is -2.14. The standard InChI is InChI=1S/C19H23NO.C19H19NO.CH5NO.2CH4/c2*1-19(2,12-7-13-20)17-10-6-11-18(14-17)21-15-16-8-4-3-5-9-16;1-3-2;;/h3-12,14H,13,15,20H2,1-2H3;3-12,14H,15H2,1-2H3;2H2,1H3;2*1H4/b2*12-7+;;;. The van der Waals surface area contributed by atoms with Crippen LogP contribution in [0.4, 0.5) is 0 Å². The monoisotopic (exact) mass is 637 g/mol. The minimum Gasteiger partial charge on any atom is -0.489 e. The van der Waals surface area contributed by atoms with E-state index < -0.39 is 0 Å². The second-order valence-corrected chi connectivity index (χ2v) is 11.4. The molecule has 0 heterocycles. The Morgan fingerprint density at radius 2 is 1.06 bits per heavy atom. The van der Waals surface area contributed by atoms with Crippen LogP contribution in [0.5, 0.6) is 11.5 Å². The number of nitrogens with zero attached hydrogens (tertiary/aromatic N) is 1. The predicted octanol–water partition coefficient (Wildman–Crippen LogP) is 9.46. The van der Waals surface area contributed by atoms with Crippen LogP contribution in [0.3, 0.4) is 0 Å². The largest absolute Gasteiger partial charge is 0.489 e. The van der Waals surface area contributed by atoms with Crippen molar-refractivity contribution in [1.82, 2.24) is 0 Å². The van der Waals surface area contributed by atoms with E-state index in [1.54, 1.807) is 0 Å². The highest BCUT2D eigenvalue weighted by Crippen LogP contribution is 2.29. The van der Waals surface area contributed by atoms with Crippen molar-refractivity contribution >= 4 is 0 Å². The fourth-order valence-electron chi connectivity index (χ4n) is 4.26. The van der Waals surface area contributed by atoms with E-state index in [0.717, 1.165) is 22.6 Å². The van der Waals surface area contributed by atoms with Gasteiger partial charge < -0.3 is 20.0 Å². The molecule has 4 N–H and O–H groups in total. The zero-order chi connectivity index (χ0) is 33.0. The molecule has 4 aromatic carbocycles. The van der Waals surface area contributed by atoms with Crippen molar-refractivity contribution in [3.8, 4) is 17.6 Å². The summed E-state index contributed by atoms with van der Waals surface area (Å²) in [5, 5.41) is 8.68. The number of hydrogen-bond donors (Lipinski definition) is 2. The van der Waals surface area contributed by atoms with Gasteiger partial charge in [0.25, 0.3) is 0 Å². The molecule has 0 saturated carbocycles. The molecule has 4 rings (SSSR count). The van der Waals surface area contributed by atoms with Crippen molar-refractivity contribution < 1.29 is 14.3 Å². The molecule has 0 aromatic heterocycles. The number of ether oxygens (including phenoxy) is 2. The lowest BCUT2D eigenvalue weighted by Gasteiger charge is -2.21. The molecule has 0 fully saturated rings. The minimum absolute atomic E-state index is 0. The zero-order valence-corrected chi connectivity index (χ0v) is 27.1. The molecule has 0 amide bonds. The first kappa shape index (κ1) is 42.3. The maximum atomic E-state index is 8.68. The second kappa shape index (κ2) is 22.8. The molecule has 0 radical (unpaired) electrons. The lowest BCUT2D eigenvalue weighted by molar-refractivity contribution is 0.206. The van der Waals surface area contributed by atoms with E-state index >= 15 is 0 Å². The smallest absolute Gasteiger partial charge is 0.120 e. The molecule has 0 bridgehead atoms. The Bertz CT molecular complexity index is 1490. The highest BCUT2D eigenvalue weighted by molar-refractivity contribution is 5.37. The third kappa shape index (κ3) is 15.9. The summed E-state index contributed by atoms with van der Waals surface area (Å²) in [5.41, 5.74) is 9.96. The van der Waals surface area contributed by atoms with Crippen LogP contribution in [0.15, 0.2) is 133 Å². The van der Waals surface area contributed by atoms with E-state index in [-0.39, 0.29) is 25.7 Å². The summed E-state index contributed by atoms with van der Waals surface area (Å²) in [6, 6.07) is 38.6. The van der Waals surface area contributed by atoms with Gasteiger partial charge in [0.2, 0.25) is 0 Å². The van der Waals surface area contributed by atoms with Crippen molar-refractivity contribution in [2.45, 2.75) is 66.6 Å². The molecule has 0 aliphatic heterocycles. The van der Waals surface area contributed by atoms with E-state index in [4.69, 9.17) is 20.5 Å². The third-order valence-corrected chi connectivity index (χ3v) is 6.90. The first-order chi connectivity index (χ1) is 21.6. The van der Waals surface area contributed by atoms with Crippen molar-refractivity contribution in [2.24, 2.45) is 11.6 Å². The van der Waals surface area contributed by atoms with Crippen LogP contribution in [-0.4, -0.2) is 13.7 Å². The first-order valence-electron chi connectivity index (χ1n) is 14.9. The maximum Gasteiger partial charge on any atom is 0.120 e. The zero-order valence-electron chi connectivity index (χ0n) is 27.1. The fraction of sp³-hybridized carbons (Fsp3) is 0.293. The minimum atomic E-state index is -0.193. The van der Waals surface area contributed by atoms with Crippen molar-refractivity contribution in [3.05, 3.63) is 156 Å². The summed E-state index contributed by atoms with van der Waals surface area (Å²) < 4.78 is 11.7. The van der Waals surface area contributed by atoms with Gasteiger partial charge in [-0.15, -0.1) is 0 Å². The number of allylic oxidation sites excluding steroid dienone is 3. The van der Waals surface area contributed by atoms with Crippen molar-refractivity contribution in [3.63, 3.8) is 0 Å². The molecule has 0 aliphatic carbocycles. The number of hydrogen-bond acceptors (Lipinski definition) is 6. The quantitative estimate of drug-likeness (QED) is 0.0965. The Morgan fingerprint density at radius 1 is 0.660 bits per heavy atom. The Labute approximate surface area is 284 Å². The van der Waals surface area contributed by atoms with Gasteiger partial charge in [-0.3, -0.25) is 0 Å². The van der Waals surface area contributed by atoms with Gasteiger partial charge in [0, 0.05) is 23.5 Å². The highest BCUT2D eigenvalue weighted by atomic mass is 16.6. The molecule has 0 unspecified atom stereocenters. The van der Waals surface area contributed by atoms with Gasteiger partial charge in [-0.2, -0.15) is 5.26 Å². The first-order valence-corrected chi connectivity index (χ1v) is 14.9. The summed E-state index contributed by atoms with van der Waals surface area (Å²) in [6.45, 7) is 10.2. The molecular weight excluding hydrogens is 582 g/mol. The van der Waals surface area contributed by atoms with Crippen molar-refractivity contribution in [1.29, 1.82) is 5.26 Å². The Morgan fingerprint density at radius 3 is 1.45 bits per heavy atom. The van der Waals surface area contributed by atoms with Crippen LogP contribution < -0.4 is 21.1 Å². The van der Waals surface area contributed by atoms with E-state index in [1.165, 1.54) is 24.3 Å². The molecule has 252 valence electrons. The van der Waals surface area contributed by atoms with Crippen LogP contribution in [0.2, 0.25) is 0 Å². The van der Waals surface area contributed by atoms with Gasteiger partial charge in [-0.1, -0.05) is 146 Å². The van der Waals surface area contributed by atoms with Crippen LogP contribution in [-0.2, 0) is 28.9 Å². The van der Waals surface area contributed by atoms with Crippen LogP contribution in [0, 0.1) is 11.3 Å². The molecule has 0 aliphatic rings. The predicted molar refractivity (Wildman–Crippen MR) is 198 cm³/mol. The average molecular weight is 638 g/mol. The number of benzene rings is 4. The van der Waals surface area contributed by atoms with E-state index in [1.807, 2.05) is 97.1 Å². The van der Waals surface area contributed by atoms with Gasteiger partial charge in [0.1, 0.15) is 24.7 Å². The van der Waals surface area contributed by atoms with Crippen molar-refractivity contribution in [2.75, 3.05) is 13.7 Å². The van der Waals surface area contributed by atoms with Gasteiger partial charge in [0.05, 0.1) is 13.2 Å². The number of nitriles is 1. The second-order valence-electron chi connectivity index (χ2n) is 11.4. The molecule has 6 nitrogen and oxygen atoms in total. The Balaban J connectivity index is 0.000000799. The topological polar surface area (TPSA) is 104 Å². The molecule has 47 heavy (non-hydrogen) atoms. The summed E-state index contributed by atoms with van der Waals surface area (Å²) in [7, 11) is 1.40. The lowest BCUT2D eigenvalue weighted by atomic mass is 9.84. The fourth-order valence-corrected chi connectivity index (χ4v) is 4.26. The highest BCUT2D eigenvalue weighted by Gasteiger charge is 2.18. The van der Waals surface area contributed by atoms with E-state index in [0.29, 0.717) is 19.8 Å². The summed E-state index contributed by atoms with van der Waals surface area (Å²) >= 11 is 0. The van der Waals surface area contributed by atoms with Gasteiger partial charge in [0.15, 0.2) is 0 Å². The Kier molecular flexibility index (Phi) is 20.5.